The zero-order valence-corrected chi connectivity index (χ0v) is 17.7. The number of amides is 1. The van der Waals surface area contributed by atoms with Crippen LogP contribution in [0.25, 0.3) is 11.3 Å². The lowest BCUT2D eigenvalue weighted by atomic mass is 9.89. The Hall–Kier alpha value is -2.67. The van der Waals surface area contributed by atoms with Gasteiger partial charge in [-0.2, -0.15) is 4.98 Å². The summed E-state index contributed by atoms with van der Waals surface area (Å²) in [6.45, 7) is 1.77. The van der Waals surface area contributed by atoms with E-state index in [9.17, 15) is 4.79 Å². The van der Waals surface area contributed by atoms with E-state index in [1.165, 1.54) is 0 Å². The van der Waals surface area contributed by atoms with Crippen LogP contribution in [0.15, 0.2) is 39.4 Å². The van der Waals surface area contributed by atoms with Crippen molar-refractivity contribution in [3.63, 3.8) is 0 Å². The Morgan fingerprint density at radius 3 is 2.67 bits per heavy atom. The summed E-state index contributed by atoms with van der Waals surface area (Å²) >= 11 is 6.22. The average Bonchev–Trinajstić information content (AvgIpc) is 3.32. The standard InChI is InChI=1S/C22H25ClN4O3/c1-15-25-21(27-30-15)22(12-6-2-3-7-13-22)26-19(28)10-11-20-24-14-18(29-20)16-8-4-5-9-17(16)23/h4-5,8-9,14H,2-3,6-7,10-13H2,1H3,(H,26,28). The van der Waals surface area contributed by atoms with E-state index in [1.54, 1.807) is 19.2 Å². The second-order valence-electron chi connectivity index (χ2n) is 7.78. The minimum absolute atomic E-state index is 0.0724. The third-order valence-corrected chi connectivity index (χ3v) is 5.88. The zero-order chi connectivity index (χ0) is 21.0. The monoisotopic (exact) mass is 428 g/mol. The molecule has 1 saturated carbocycles. The van der Waals surface area contributed by atoms with E-state index in [2.05, 4.69) is 20.4 Å². The fourth-order valence-corrected chi connectivity index (χ4v) is 4.22. The number of nitrogens with one attached hydrogen (secondary N) is 1. The highest BCUT2D eigenvalue weighted by Gasteiger charge is 2.38. The van der Waals surface area contributed by atoms with Crippen LogP contribution < -0.4 is 5.32 Å². The lowest BCUT2D eigenvalue weighted by Crippen LogP contribution is -2.46. The maximum Gasteiger partial charge on any atom is 0.223 e. The minimum Gasteiger partial charge on any atom is -0.441 e. The molecule has 0 bridgehead atoms. The van der Waals surface area contributed by atoms with E-state index in [4.69, 9.17) is 20.5 Å². The molecule has 1 aliphatic rings. The van der Waals surface area contributed by atoms with E-state index in [0.29, 0.717) is 34.8 Å². The second-order valence-corrected chi connectivity index (χ2v) is 8.19. The molecule has 2 aromatic heterocycles. The highest BCUT2D eigenvalue weighted by Crippen LogP contribution is 2.35. The van der Waals surface area contributed by atoms with Crippen molar-refractivity contribution in [1.29, 1.82) is 0 Å². The van der Waals surface area contributed by atoms with E-state index >= 15 is 0 Å². The van der Waals surface area contributed by atoms with Gasteiger partial charge in [0.15, 0.2) is 17.5 Å². The highest BCUT2D eigenvalue weighted by atomic mass is 35.5. The molecule has 4 rings (SSSR count). The Morgan fingerprint density at radius 1 is 1.20 bits per heavy atom. The molecule has 1 aliphatic carbocycles. The summed E-state index contributed by atoms with van der Waals surface area (Å²) < 4.78 is 11.0. The van der Waals surface area contributed by atoms with Crippen molar-refractivity contribution in [2.45, 2.75) is 63.8 Å². The first-order valence-electron chi connectivity index (χ1n) is 10.4. The first kappa shape index (κ1) is 20.6. The predicted octanol–water partition coefficient (Wildman–Crippen LogP) is 4.98. The number of oxazole rings is 1. The molecule has 0 unspecified atom stereocenters. The Balaban J connectivity index is 1.43. The molecule has 0 saturated heterocycles. The molecule has 0 radical (unpaired) electrons. The van der Waals surface area contributed by atoms with Crippen molar-refractivity contribution in [1.82, 2.24) is 20.4 Å². The van der Waals surface area contributed by atoms with E-state index in [0.717, 1.165) is 44.1 Å². The number of nitrogens with zero attached hydrogens (tertiary/aromatic N) is 3. The molecular weight excluding hydrogens is 404 g/mol. The molecular formula is C22H25ClN4O3. The van der Waals surface area contributed by atoms with Gasteiger partial charge < -0.3 is 14.3 Å². The van der Waals surface area contributed by atoms with Gasteiger partial charge in [-0.1, -0.05) is 54.6 Å². The maximum absolute atomic E-state index is 12.8. The molecule has 8 heteroatoms. The molecule has 1 aromatic carbocycles. The van der Waals surface area contributed by atoms with Gasteiger partial charge in [0, 0.05) is 25.3 Å². The number of hydrogen-bond donors (Lipinski definition) is 1. The van der Waals surface area contributed by atoms with E-state index in [-0.39, 0.29) is 12.3 Å². The Bertz CT molecular complexity index is 1010. The van der Waals surface area contributed by atoms with Gasteiger partial charge in [0.05, 0.1) is 11.2 Å². The summed E-state index contributed by atoms with van der Waals surface area (Å²) in [5.41, 5.74) is 0.220. The van der Waals surface area contributed by atoms with E-state index in [1.807, 2.05) is 18.2 Å². The SMILES string of the molecule is Cc1nc(C2(NC(=O)CCc3ncc(-c4ccccc4Cl)o3)CCCCCC2)no1. The summed E-state index contributed by atoms with van der Waals surface area (Å²) in [6.07, 6.45) is 8.28. The van der Waals surface area contributed by atoms with Gasteiger partial charge in [-0.25, -0.2) is 4.98 Å². The van der Waals surface area contributed by atoms with Crippen molar-refractivity contribution in [2.75, 3.05) is 0 Å². The van der Waals surface area contributed by atoms with Crippen LogP contribution in [-0.4, -0.2) is 21.0 Å². The third-order valence-electron chi connectivity index (χ3n) is 5.55. The number of carbonyl (C=O) groups excluding carboxylic acids is 1. The van der Waals surface area contributed by atoms with Crippen molar-refractivity contribution in [3.8, 4) is 11.3 Å². The lowest BCUT2D eigenvalue weighted by molar-refractivity contribution is -0.123. The Labute approximate surface area is 180 Å². The normalized spacial score (nSPS) is 16.2. The van der Waals surface area contributed by atoms with Crippen molar-refractivity contribution in [2.24, 2.45) is 0 Å². The highest BCUT2D eigenvalue weighted by molar-refractivity contribution is 6.33. The molecule has 0 spiro atoms. The third kappa shape index (κ3) is 4.56. The second kappa shape index (κ2) is 9.00. The largest absolute Gasteiger partial charge is 0.441 e. The van der Waals surface area contributed by atoms with Gasteiger partial charge in [0.2, 0.25) is 11.8 Å². The van der Waals surface area contributed by atoms with Crippen LogP contribution in [0, 0.1) is 6.92 Å². The van der Waals surface area contributed by atoms with Crippen LogP contribution in [0.5, 0.6) is 0 Å². The predicted molar refractivity (Wildman–Crippen MR) is 112 cm³/mol. The van der Waals surface area contributed by atoms with Gasteiger partial charge in [-0.3, -0.25) is 4.79 Å². The zero-order valence-electron chi connectivity index (χ0n) is 17.0. The van der Waals surface area contributed by atoms with Crippen LogP contribution in [0.2, 0.25) is 5.02 Å². The van der Waals surface area contributed by atoms with Gasteiger partial charge in [-0.05, 0) is 25.0 Å². The number of benzene rings is 1. The summed E-state index contributed by atoms with van der Waals surface area (Å²) in [4.78, 5) is 21.6. The van der Waals surface area contributed by atoms with Gasteiger partial charge in [0.1, 0.15) is 5.54 Å². The van der Waals surface area contributed by atoms with Crippen molar-refractivity contribution in [3.05, 3.63) is 53.1 Å². The van der Waals surface area contributed by atoms with Gasteiger partial charge in [0.25, 0.3) is 0 Å². The summed E-state index contributed by atoms with van der Waals surface area (Å²) in [5.74, 6) is 2.11. The van der Waals surface area contributed by atoms with E-state index < -0.39 is 5.54 Å². The van der Waals surface area contributed by atoms with Crippen LogP contribution in [0.1, 0.15) is 62.6 Å². The quantitative estimate of drug-likeness (QED) is 0.556. The Kier molecular flexibility index (Phi) is 6.18. The number of halogens is 1. The van der Waals surface area contributed by atoms with Gasteiger partial charge in [-0.15, -0.1) is 0 Å². The number of aromatic nitrogens is 3. The van der Waals surface area contributed by atoms with Crippen LogP contribution >= 0.6 is 11.6 Å². The number of carbonyl (C=O) groups is 1. The van der Waals surface area contributed by atoms with Crippen LogP contribution in [0.3, 0.4) is 0 Å². The first-order chi connectivity index (χ1) is 14.6. The molecule has 7 nitrogen and oxygen atoms in total. The molecule has 1 amide bonds. The maximum atomic E-state index is 12.8. The molecule has 0 atom stereocenters. The molecule has 2 heterocycles. The average molecular weight is 429 g/mol. The Morgan fingerprint density at radius 2 is 1.97 bits per heavy atom. The van der Waals surface area contributed by atoms with Crippen LogP contribution in [-0.2, 0) is 16.8 Å². The first-order valence-corrected chi connectivity index (χ1v) is 10.7. The number of hydrogen-bond acceptors (Lipinski definition) is 6. The summed E-state index contributed by atoms with van der Waals surface area (Å²) in [6, 6.07) is 7.44. The summed E-state index contributed by atoms with van der Waals surface area (Å²) in [5, 5.41) is 7.93. The fraction of sp³-hybridized carbons (Fsp3) is 0.455. The van der Waals surface area contributed by atoms with Gasteiger partial charge >= 0.3 is 0 Å². The molecule has 1 N–H and O–H groups in total. The topological polar surface area (TPSA) is 94.1 Å². The fourth-order valence-electron chi connectivity index (χ4n) is 3.99. The van der Waals surface area contributed by atoms with Crippen molar-refractivity contribution < 1.29 is 13.7 Å². The summed E-state index contributed by atoms with van der Waals surface area (Å²) in [7, 11) is 0. The number of aryl methyl sites for hydroxylation is 2. The molecule has 1 fully saturated rings. The van der Waals surface area contributed by atoms with Crippen LogP contribution in [0.4, 0.5) is 0 Å². The lowest BCUT2D eigenvalue weighted by Gasteiger charge is -2.30. The molecule has 30 heavy (non-hydrogen) atoms. The molecule has 3 aromatic rings. The number of rotatable bonds is 6. The molecule has 0 aliphatic heterocycles. The minimum atomic E-state index is -0.565. The van der Waals surface area contributed by atoms with Crippen molar-refractivity contribution >= 4 is 17.5 Å². The smallest absolute Gasteiger partial charge is 0.223 e. The molecule has 158 valence electrons.